The van der Waals surface area contributed by atoms with E-state index in [0.717, 1.165) is 11.3 Å². The van der Waals surface area contributed by atoms with E-state index in [0.29, 0.717) is 56.3 Å². The van der Waals surface area contributed by atoms with Crippen molar-refractivity contribution in [2.45, 2.75) is 33.4 Å². The molecule has 0 aliphatic rings. The minimum Gasteiger partial charge on any atom is -0.497 e. The predicted octanol–water partition coefficient (Wildman–Crippen LogP) is 4.69. The van der Waals surface area contributed by atoms with E-state index in [1.54, 1.807) is 41.2 Å². The van der Waals surface area contributed by atoms with Gasteiger partial charge in [-0.25, -0.2) is 0 Å². The molecule has 1 aromatic heterocycles. The van der Waals surface area contributed by atoms with E-state index in [1.807, 2.05) is 56.3 Å². The highest BCUT2D eigenvalue weighted by atomic mass is 16.5. The third-order valence-electron chi connectivity index (χ3n) is 5.56. The van der Waals surface area contributed by atoms with E-state index in [1.165, 1.54) is 0 Å². The summed E-state index contributed by atoms with van der Waals surface area (Å²) in [6, 6.07) is 20.5. The summed E-state index contributed by atoms with van der Waals surface area (Å²) in [5, 5.41) is 0. The average molecular weight is 479 g/mol. The normalized spacial score (nSPS) is 10.7. The molecule has 0 aliphatic carbocycles. The number of benzene rings is 2. The standard InChI is InChI=1S/C28H34N2O5/c1-4-34-17-9-16-29(28(32)24-12-8-13-25(18-24)33-3)21-27(31)30(19-23-10-6-5-7-11-23)20-26-15-14-22(2)35-26/h5-8,10-15,18H,4,9,16-17,19-21H2,1-3H3. The molecule has 7 heteroatoms. The summed E-state index contributed by atoms with van der Waals surface area (Å²) in [5.74, 6) is 1.71. The molecule has 186 valence electrons. The van der Waals surface area contributed by atoms with Crippen molar-refractivity contribution in [1.29, 1.82) is 0 Å². The maximum absolute atomic E-state index is 13.6. The first kappa shape index (κ1) is 26.0. The quantitative estimate of drug-likeness (QED) is 0.333. The Bertz CT molecular complexity index is 1080. The van der Waals surface area contributed by atoms with Crippen molar-refractivity contribution in [2.75, 3.05) is 33.4 Å². The number of ether oxygens (including phenoxy) is 2. The largest absolute Gasteiger partial charge is 0.497 e. The molecular weight excluding hydrogens is 444 g/mol. The number of hydrogen-bond acceptors (Lipinski definition) is 5. The number of furan rings is 1. The van der Waals surface area contributed by atoms with Crippen LogP contribution in [0.3, 0.4) is 0 Å². The Morgan fingerprint density at radius 2 is 1.74 bits per heavy atom. The molecule has 0 bridgehead atoms. The number of carbonyl (C=O) groups is 2. The summed E-state index contributed by atoms with van der Waals surface area (Å²) in [4.78, 5) is 30.3. The molecule has 0 radical (unpaired) electrons. The zero-order chi connectivity index (χ0) is 25.0. The summed E-state index contributed by atoms with van der Waals surface area (Å²) in [7, 11) is 1.56. The highest BCUT2D eigenvalue weighted by Gasteiger charge is 2.23. The molecule has 3 rings (SSSR count). The van der Waals surface area contributed by atoms with Gasteiger partial charge in [0.25, 0.3) is 5.91 Å². The zero-order valence-corrected chi connectivity index (χ0v) is 20.7. The number of nitrogens with zero attached hydrogens (tertiary/aromatic N) is 2. The first-order valence-electron chi connectivity index (χ1n) is 11.9. The second kappa shape index (κ2) is 13.3. The zero-order valence-electron chi connectivity index (χ0n) is 20.7. The topological polar surface area (TPSA) is 72.2 Å². The van der Waals surface area contributed by atoms with Crippen LogP contribution in [0, 0.1) is 6.92 Å². The summed E-state index contributed by atoms with van der Waals surface area (Å²) in [5.41, 5.74) is 1.48. The Morgan fingerprint density at radius 1 is 0.943 bits per heavy atom. The number of amides is 2. The van der Waals surface area contributed by atoms with Crippen LogP contribution >= 0.6 is 0 Å². The van der Waals surface area contributed by atoms with E-state index in [4.69, 9.17) is 13.9 Å². The molecule has 0 saturated carbocycles. The van der Waals surface area contributed by atoms with Gasteiger partial charge in [0.05, 0.1) is 13.7 Å². The number of methoxy groups -OCH3 is 1. The molecule has 1 heterocycles. The van der Waals surface area contributed by atoms with Gasteiger partial charge in [-0.05, 0) is 56.2 Å². The van der Waals surface area contributed by atoms with E-state index in [2.05, 4.69) is 0 Å². The Kier molecular flexibility index (Phi) is 9.93. The molecule has 0 fully saturated rings. The van der Waals surface area contributed by atoms with Crippen LogP contribution in [-0.4, -0.2) is 55.0 Å². The van der Waals surface area contributed by atoms with Crippen LogP contribution in [0.15, 0.2) is 71.1 Å². The van der Waals surface area contributed by atoms with Gasteiger partial charge in [-0.1, -0.05) is 36.4 Å². The lowest BCUT2D eigenvalue weighted by molar-refractivity contribution is -0.133. The van der Waals surface area contributed by atoms with E-state index < -0.39 is 0 Å². The molecule has 35 heavy (non-hydrogen) atoms. The summed E-state index contributed by atoms with van der Waals surface area (Å²) in [6.45, 7) is 6.03. The van der Waals surface area contributed by atoms with Crippen molar-refractivity contribution in [1.82, 2.24) is 9.80 Å². The number of hydrogen-bond donors (Lipinski definition) is 0. The molecule has 0 unspecified atom stereocenters. The van der Waals surface area contributed by atoms with Crippen LogP contribution < -0.4 is 4.74 Å². The molecule has 0 spiro atoms. The lowest BCUT2D eigenvalue weighted by Crippen LogP contribution is -2.43. The molecule has 7 nitrogen and oxygen atoms in total. The SMILES string of the molecule is CCOCCCN(CC(=O)N(Cc1ccccc1)Cc1ccc(C)o1)C(=O)c1cccc(OC)c1. The summed E-state index contributed by atoms with van der Waals surface area (Å²) in [6.07, 6.45) is 0.632. The van der Waals surface area contributed by atoms with Crippen LogP contribution in [0.5, 0.6) is 5.75 Å². The monoisotopic (exact) mass is 478 g/mol. The molecule has 0 saturated heterocycles. The van der Waals surface area contributed by atoms with Crippen molar-refractivity contribution in [2.24, 2.45) is 0 Å². The fraction of sp³-hybridized carbons (Fsp3) is 0.357. The van der Waals surface area contributed by atoms with E-state index in [9.17, 15) is 9.59 Å². The second-order valence-corrected chi connectivity index (χ2v) is 8.26. The molecule has 0 N–H and O–H groups in total. The van der Waals surface area contributed by atoms with Crippen LogP contribution in [-0.2, 0) is 22.6 Å². The molecule has 2 amide bonds. The van der Waals surface area contributed by atoms with Gasteiger partial charge in [-0.2, -0.15) is 0 Å². The van der Waals surface area contributed by atoms with Crippen molar-refractivity contribution < 1.29 is 23.5 Å². The third-order valence-corrected chi connectivity index (χ3v) is 5.56. The lowest BCUT2D eigenvalue weighted by atomic mass is 10.1. The predicted molar refractivity (Wildman–Crippen MR) is 134 cm³/mol. The average Bonchev–Trinajstić information content (AvgIpc) is 3.30. The minimum absolute atomic E-state index is 0.0469. The van der Waals surface area contributed by atoms with Gasteiger partial charge in [0, 0.05) is 31.9 Å². The van der Waals surface area contributed by atoms with Crippen molar-refractivity contribution >= 4 is 11.8 Å². The van der Waals surface area contributed by atoms with Gasteiger partial charge in [-0.3, -0.25) is 9.59 Å². The van der Waals surface area contributed by atoms with Crippen molar-refractivity contribution in [3.8, 4) is 5.75 Å². The van der Waals surface area contributed by atoms with Crippen molar-refractivity contribution in [3.05, 3.63) is 89.4 Å². The minimum atomic E-state index is -0.220. The molecule has 2 aromatic carbocycles. The number of rotatable bonds is 13. The molecule has 0 atom stereocenters. The van der Waals surface area contributed by atoms with Crippen LogP contribution in [0.2, 0.25) is 0 Å². The number of carbonyl (C=O) groups excluding carboxylic acids is 2. The van der Waals surface area contributed by atoms with Gasteiger partial charge >= 0.3 is 0 Å². The first-order valence-corrected chi connectivity index (χ1v) is 11.9. The van der Waals surface area contributed by atoms with E-state index in [-0.39, 0.29) is 18.4 Å². The van der Waals surface area contributed by atoms with Crippen LogP contribution in [0.4, 0.5) is 0 Å². The van der Waals surface area contributed by atoms with Gasteiger partial charge < -0.3 is 23.7 Å². The maximum Gasteiger partial charge on any atom is 0.254 e. The second-order valence-electron chi connectivity index (χ2n) is 8.26. The van der Waals surface area contributed by atoms with E-state index >= 15 is 0 Å². The Labute approximate surface area is 207 Å². The Hall–Kier alpha value is -3.58. The fourth-order valence-corrected chi connectivity index (χ4v) is 3.75. The summed E-state index contributed by atoms with van der Waals surface area (Å²) < 4.78 is 16.5. The molecular formula is C28H34N2O5. The van der Waals surface area contributed by atoms with Crippen LogP contribution in [0.1, 0.15) is 40.8 Å². The maximum atomic E-state index is 13.6. The summed E-state index contributed by atoms with van der Waals surface area (Å²) >= 11 is 0. The third kappa shape index (κ3) is 8.00. The van der Waals surface area contributed by atoms with Gasteiger partial charge in [-0.15, -0.1) is 0 Å². The lowest BCUT2D eigenvalue weighted by Gasteiger charge is -2.27. The van der Waals surface area contributed by atoms with Gasteiger partial charge in [0.2, 0.25) is 5.91 Å². The van der Waals surface area contributed by atoms with Gasteiger partial charge in [0.15, 0.2) is 0 Å². The van der Waals surface area contributed by atoms with Gasteiger partial charge in [0.1, 0.15) is 23.8 Å². The highest BCUT2D eigenvalue weighted by Crippen LogP contribution is 2.17. The highest BCUT2D eigenvalue weighted by molar-refractivity contribution is 5.96. The fourth-order valence-electron chi connectivity index (χ4n) is 3.75. The smallest absolute Gasteiger partial charge is 0.254 e. The molecule has 3 aromatic rings. The number of aryl methyl sites for hydroxylation is 1. The molecule has 0 aliphatic heterocycles. The van der Waals surface area contributed by atoms with Crippen LogP contribution in [0.25, 0.3) is 0 Å². The Balaban J connectivity index is 1.80. The first-order chi connectivity index (χ1) is 17.0. The Morgan fingerprint density at radius 3 is 2.43 bits per heavy atom. The van der Waals surface area contributed by atoms with Crippen molar-refractivity contribution in [3.63, 3.8) is 0 Å².